The van der Waals surface area contributed by atoms with Gasteiger partial charge in [0.2, 0.25) is 0 Å². The minimum Gasteiger partial charge on any atom is -0.392 e. The van der Waals surface area contributed by atoms with Crippen LogP contribution in [0.4, 0.5) is 8.78 Å². The fraction of sp³-hybridized carbons (Fsp3) is 0.250. The predicted octanol–water partition coefficient (Wildman–Crippen LogP) is 2.65. The number of oxime groups is 1. The Morgan fingerprint density at radius 2 is 2.05 bits per heavy atom. The molecule has 1 aromatic heterocycles. The first-order valence-corrected chi connectivity index (χ1v) is 6.87. The van der Waals surface area contributed by atoms with Crippen molar-refractivity contribution in [3.63, 3.8) is 0 Å². The van der Waals surface area contributed by atoms with Gasteiger partial charge in [0, 0.05) is 11.8 Å². The molecule has 0 saturated heterocycles. The fourth-order valence-corrected chi connectivity index (χ4v) is 1.90. The topological polar surface area (TPSA) is 54.7 Å². The molecule has 0 radical (unpaired) electrons. The van der Waals surface area contributed by atoms with Gasteiger partial charge in [-0.05, 0) is 43.2 Å². The molecule has 0 aliphatic heterocycles. The monoisotopic (exact) mass is 304 g/mol. The first-order chi connectivity index (χ1) is 10.6. The molecule has 0 bridgehead atoms. The number of hydrogen-bond donors (Lipinski definition) is 1. The predicted molar refractivity (Wildman–Crippen MR) is 76.4 cm³/mol. The van der Waals surface area contributed by atoms with E-state index in [0.717, 1.165) is 12.1 Å². The van der Waals surface area contributed by atoms with Crippen LogP contribution >= 0.6 is 0 Å². The van der Waals surface area contributed by atoms with E-state index in [1.807, 2.05) is 0 Å². The van der Waals surface area contributed by atoms with Crippen LogP contribution < -0.4 is 0 Å². The summed E-state index contributed by atoms with van der Waals surface area (Å²) in [5.41, 5.74) is 0.285. The Bertz CT molecular complexity index is 701. The van der Waals surface area contributed by atoms with Gasteiger partial charge in [0.1, 0.15) is 17.9 Å². The van der Waals surface area contributed by atoms with E-state index in [-0.39, 0.29) is 12.3 Å². The molecule has 1 saturated carbocycles. The number of aliphatic hydroxyl groups is 1. The molecular weight excluding hydrogens is 290 g/mol. The van der Waals surface area contributed by atoms with Crippen molar-refractivity contribution < 1.29 is 18.7 Å². The molecule has 22 heavy (non-hydrogen) atoms. The highest BCUT2D eigenvalue weighted by atomic mass is 19.2. The van der Waals surface area contributed by atoms with Crippen LogP contribution in [0.15, 0.2) is 47.8 Å². The van der Waals surface area contributed by atoms with Crippen LogP contribution in [0.25, 0.3) is 0 Å². The minimum absolute atomic E-state index is 0.0625. The van der Waals surface area contributed by atoms with Gasteiger partial charge < -0.3 is 9.94 Å². The number of rotatable bonds is 5. The Hall–Kier alpha value is -2.34. The average molecular weight is 304 g/mol. The highest BCUT2D eigenvalue weighted by Gasteiger charge is 2.41. The maximum atomic E-state index is 13.4. The van der Waals surface area contributed by atoms with E-state index in [1.54, 1.807) is 24.4 Å². The molecule has 2 aromatic rings. The minimum atomic E-state index is -0.970. The van der Waals surface area contributed by atoms with Crippen molar-refractivity contribution in [3.8, 4) is 0 Å². The van der Waals surface area contributed by atoms with Crippen molar-refractivity contribution in [1.29, 1.82) is 0 Å². The fourth-order valence-electron chi connectivity index (χ4n) is 1.90. The molecule has 0 atom stereocenters. The molecule has 1 aliphatic carbocycles. The summed E-state index contributed by atoms with van der Waals surface area (Å²) in [4.78, 5) is 9.33. The lowest BCUT2D eigenvalue weighted by Crippen LogP contribution is -2.15. The first-order valence-electron chi connectivity index (χ1n) is 6.87. The van der Waals surface area contributed by atoms with Gasteiger partial charge in [0.25, 0.3) is 0 Å². The summed E-state index contributed by atoms with van der Waals surface area (Å²) >= 11 is 0. The molecule has 0 amide bonds. The van der Waals surface area contributed by atoms with Crippen molar-refractivity contribution in [1.82, 2.24) is 4.98 Å². The third kappa shape index (κ3) is 3.28. The number of aromatic nitrogens is 1. The van der Waals surface area contributed by atoms with Crippen molar-refractivity contribution in [2.45, 2.75) is 18.4 Å². The van der Waals surface area contributed by atoms with Crippen molar-refractivity contribution in [3.05, 3.63) is 65.5 Å². The van der Waals surface area contributed by atoms with Gasteiger partial charge >= 0.3 is 0 Å². The standard InChI is InChI=1S/C16H14F2N2O2/c17-12-5-4-11(9-13(12)18)15(14-3-1-2-8-19-14)20-22-10-16(21)6-7-16/h1-5,8-9,21H,6-7,10H2/b20-15-. The van der Waals surface area contributed by atoms with E-state index in [2.05, 4.69) is 10.1 Å². The van der Waals surface area contributed by atoms with Crippen LogP contribution in [0.2, 0.25) is 0 Å². The summed E-state index contributed by atoms with van der Waals surface area (Å²) in [5.74, 6) is -1.90. The number of benzene rings is 1. The second-order valence-corrected chi connectivity index (χ2v) is 5.28. The van der Waals surface area contributed by atoms with Crippen LogP contribution in [-0.2, 0) is 4.84 Å². The number of hydrogen-bond acceptors (Lipinski definition) is 4. The summed E-state index contributed by atoms with van der Waals surface area (Å²) in [6, 6.07) is 8.65. The van der Waals surface area contributed by atoms with E-state index in [0.29, 0.717) is 24.1 Å². The van der Waals surface area contributed by atoms with Gasteiger partial charge in [-0.3, -0.25) is 4.98 Å². The molecule has 3 rings (SSSR count). The van der Waals surface area contributed by atoms with Gasteiger partial charge in [-0.25, -0.2) is 8.78 Å². The highest BCUT2D eigenvalue weighted by Crippen LogP contribution is 2.35. The quantitative estimate of drug-likeness (QED) is 0.682. The highest BCUT2D eigenvalue weighted by molar-refractivity contribution is 6.11. The summed E-state index contributed by atoms with van der Waals surface area (Å²) in [6.07, 6.45) is 2.92. The summed E-state index contributed by atoms with van der Waals surface area (Å²) in [7, 11) is 0. The SMILES string of the molecule is OC1(CO/N=C(/c2ccc(F)c(F)c2)c2ccccn2)CC1. The maximum Gasteiger partial charge on any atom is 0.159 e. The van der Waals surface area contributed by atoms with Gasteiger partial charge in [-0.15, -0.1) is 0 Å². The van der Waals surface area contributed by atoms with Crippen LogP contribution in [0.5, 0.6) is 0 Å². The molecule has 114 valence electrons. The Balaban J connectivity index is 1.91. The summed E-state index contributed by atoms with van der Waals surface area (Å²) in [6.45, 7) is 0.0625. The van der Waals surface area contributed by atoms with Crippen LogP contribution in [0, 0.1) is 11.6 Å². The van der Waals surface area contributed by atoms with E-state index < -0.39 is 17.2 Å². The molecule has 1 N–H and O–H groups in total. The normalized spacial score (nSPS) is 16.4. The van der Waals surface area contributed by atoms with Gasteiger partial charge in [0.05, 0.1) is 5.69 Å². The lowest BCUT2D eigenvalue weighted by molar-refractivity contribution is 0.0237. The second-order valence-electron chi connectivity index (χ2n) is 5.28. The Kier molecular flexibility index (Phi) is 3.85. The second kappa shape index (κ2) is 5.81. The Labute approximate surface area is 126 Å². The average Bonchev–Trinajstić information content (AvgIpc) is 3.26. The third-order valence-corrected chi connectivity index (χ3v) is 3.42. The zero-order chi connectivity index (χ0) is 15.6. The molecule has 4 nitrogen and oxygen atoms in total. The molecule has 1 fully saturated rings. The zero-order valence-electron chi connectivity index (χ0n) is 11.7. The van der Waals surface area contributed by atoms with Gasteiger partial charge in [-0.2, -0.15) is 0 Å². The largest absolute Gasteiger partial charge is 0.392 e. The molecular formula is C16H14F2N2O2. The molecule has 1 aliphatic rings. The van der Waals surface area contributed by atoms with Crippen LogP contribution in [-0.4, -0.2) is 28.0 Å². The van der Waals surface area contributed by atoms with Gasteiger partial charge in [0.15, 0.2) is 11.6 Å². The van der Waals surface area contributed by atoms with Crippen molar-refractivity contribution >= 4 is 5.71 Å². The molecule has 0 unspecified atom stereocenters. The number of halogens is 2. The maximum absolute atomic E-state index is 13.4. The van der Waals surface area contributed by atoms with Crippen molar-refractivity contribution in [2.24, 2.45) is 5.16 Å². The summed E-state index contributed by atoms with van der Waals surface area (Å²) in [5, 5.41) is 13.7. The smallest absolute Gasteiger partial charge is 0.159 e. The molecule has 1 heterocycles. The lowest BCUT2D eigenvalue weighted by atomic mass is 10.1. The van der Waals surface area contributed by atoms with Crippen LogP contribution in [0.3, 0.4) is 0 Å². The van der Waals surface area contributed by atoms with E-state index in [9.17, 15) is 13.9 Å². The van der Waals surface area contributed by atoms with E-state index in [1.165, 1.54) is 6.07 Å². The van der Waals surface area contributed by atoms with E-state index >= 15 is 0 Å². The number of nitrogens with zero attached hydrogens (tertiary/aromatic N) is 2. The first kappa shape index (κ1) is 14.6. The summed E-state index contributed by atoms with van der Waals surface area (Å²) < 4.78 is 26.5. The molecule has 1 aromatic carbocycles. The molecule has 0 spiro atoms. The van der Waals surface area contributed by atoms with Crippen molar-refractivity contribution in [2.75, 3.05) is 6.61 Å². The molecule has 6 heteroatoms. The Morgan fingerprint density at radius 1 is 1.23 bits per heavy atom. The van der Waals surface area contributed by atoms with Gasteiger partial charge in [-0.1, -0.05) is 11.2 Å². The number of pyridine rings is 1. The lowest BCUT2D eigenvalue weighted by Gasteiger charge is -2.09. The van der Waals surface area contributed by atoms with Crippen LogP contribution in [0.1, 0.15) is 24.1 Å². The Morgan fingerprint density at radius 3 is 2.68 bits per heavy atom. The zero-order valence-corrected chi connectivity index (χ0v) is 11.7. The van der Waals surface area contributed by atoms with E-state index in [4.69, 9.17) is 4.84 Å². The third-order valence-electron chi connectivity index (χ3n) is 3.42.